The molecule has 0 spiro atoms. The molecule has 4 aromatic rings. The van der Waals surface area contributed by atoms with Gasteiger partial charge in [0.1, 0.15) is 5.52 Å². The molecule has 1 amide bonds. The van der Waals surface area contributed by atoms with Crippen molar-refractivity contribution in [2.45, 2.75) is 18.9 Å². The molecule has 0 radical (unpaired) electrons. The van der Waals surface area contributed by atoms with E-state index in [4.69, 9.17) is 9.40 Å². The molecule has 4 aromatic heterocycles. The van der Waals surface area contributed by atoms with Crippen molar-refractivity contribution in [3.05, 3.63) is 59.1 Å². The Morgan fingerprint density at radius 1 is 1.26 bits per heavy atom. The minimum atomic E-state index is 0.136. The van der Waals surface area contributed by atoms with E-state index in [9.17, 15) is 4.79 Å². The lowest BCUT2D eigenvalue weighted by atomic mass is 10.2. The van der Waals surface area contributed by atoms with Gasteiger partial charge in [0.25, 0.3) is 0 Å². The molecule has 6 nitrogen and oxygen atoms in total. The largest absolute Gasteiger partial charge is 0.461 e. The maximum atomic E-state index is 12.7. The summed E-state index contributed by atoms with van der Waals surface area (Å²) in [5.41, 5.74) is 1.67. The summed E-state index contributed by atoms with van der Waals surface area (Å²) in [7, 11) is 0. The third-order valence-electron chi connectivity index (χ3n) is 4.98. The van der Waals surface area contributed by atoms with E-state index in [1.54, 1.807) is 23.8 Å². The number of pyridine rings is 1. The molecular formula is C20H18N4O2S. The van der Waals surface area contributed by atoms with Crippen LogP contribution < -0.4 is 0 Å². The fourth-order valence-corrected chi connectivity index (χ4v) is 4.40. The van der Waals surface area contributed by atoms with Crippen molar-refractivity contribution < 1.29 is 9.21 Å². The van der Waals surface area contributed by atoms with Gasteiger partial charge in [0.15, 0.2) is 17.2 Å². The zero-order chi connectivity index (χ0) is 18.2. The van der Waals surface area contributed by atoms with E-state index in [2.05, 4.69) is 9.55 Å². The van der Waals surface area contributed by atoms with Crippen molar-refractivity contribution >= 4 is 28.4 Å². The minimum absolute atomic E-state index is 0.136. The molecule has 1 aliphatic rings. The zero-order valence-corrected chi connectivity index (χ0v) is 15.4. The molecule has 0 saturated carbocycles. The zero-order valence-electron chi connectivity index (χ0n) is 14.6. The van der Waals surface area contributed by atoms with Gasteiger partial charge in [0.05, 0.1) is 18.7 Å². The number of carbonyl (C=O) groups excluding carboxylic acids is 1. The fraction of sp³-hybridized carbons (Fsp3) is 0.250. The van der Waals surface area contributed by atoms with Gasteiger partial charge in [0, 0.05) is 24.2 Å². The van der Waals surface area contributed by atoms with Crippen molar-refractivity contribution in [2.75, 3.05) is 13.1 Å². The first-order valence-electron chi connectivity index (χ1n) is 8.96. The van der Waals surface area contributed by atoms with Crippen LogP contribution in [0.1, 0.15) is 17.3 Å². The van der Waals surface area contributed by atoms with Crippen LogP contribution in [0.2, 0.25) is 0 Å². The summed E-state index contributed by atoms with van der Waals surface area (Å²) in [5.74, 6) is 1.67. The Bertz CT molecular complexity index is 1070. The summed E-state index contributed by atoms with van der Waals surface area (Å²) < 4.78 is 7.74. The van der Waals surface area contributed by atoms with Crippen molar-refractivity contribution in [1.29, 1.82) is 0 Å². The maximum absolute atomic E-state index is 12.7. The summed E-state index contributed by atoms with van der Waals surface area (Å²) in [6.45, 7) is 1.42. The average Bonchev–Trinajstić information content (AvgIpc) is 3.46. The van der Waals surface area contributed by atoms with E-state index in [-0.39, 0.29) is 11.9 Å². The summed E-state index contributed by atoms with van der Waals surface area (Å²) in [4.78, 5) is 25.0. The fourth-order valence-electron chi connectivity index (χ4n) is 3.71. The normalized spacial score (nSPS) is 17.0. The lowest BCUT2D eigenvalue weighted by molar-refractivity contribution is -0.129. The number of imidazole rings is 1. The number of carbonyl (C=O) groups is 1. The second-order valence-electron chi connectivity index (χ2n) is 6.67. The number of nitrogens with zero attached hydrogens (tertiary/aromatic N) is 4. The molecule has 5 rings (SSSR count). The Balaban J connectivity index is 1.46. The van der Waals surface area contributed by atoms with Crippen molar-refractivity contribution in [1.82, 2.24) is 19.4 Å². The Labute approximate surface area is 160 Å². The number of likely N-dealkylation sites (tertiary alicyclic amines) is 1. The van der Waals surface area contributed by atoms with Gasteiger partial charge >= 0.3 is 0 Å². The Morgan fingerprint density at radius 3 is 3.04 bits per heavy atom. The summed E-state index contributed by atoms with van der Waals surface area (Å²) in [6, 6.07) is 11.7. The smallest absolute Gasteiger partial charge is 0.227 e. The highest BCUT2D eigenvalue weighted by Crippen LogP contribution is 2.32. The number of aromatic nitrogens is 3. The molecular weight excluding hydrogens is 360 g/mol. The lowest BCUT2D eigenvalue weighted by Gasteiger charge is -2.18. The molecule has 136 valence electrons. The molecule has 1 unspecified atom stereocenters. The van der Waals surface area contributed by atoms with E-state index in [1.807, 2.05) is 46.7 Å². The molecule has 1 fully saturated rings. The van der Waals surface area contributed by atoms with Gasteiger partial charge in [-0.15, -0.1) is 11.3 Å². The number of fused-ring (bicyclic) bond motifs is 1. The number of rotatable bonds is 4. The van der Waals surface area contributed by atoms with Crippen LogP contribution in [0.3, 0.4) is 0 Å². The van der Waals surface area contributed by atoms with Crippen LogP contribution >= 0.6 is 11.3 Å². The predicted octanol–water partition coefficient (Wildman–Crippen LogP) is 3.77. The van der Waals surface area contributed by atoms with Gasteiger partial charge in [-0.25, -0.2) is 9.97 Å². The highest BCUT2D eigenvalue weighted by molar-refractivity contribution is 7.10. The van der Waals surface area contributed by atoms with Crippen LogP contribution in [0.5, 0.6) is 0 Å². The monoisotopic (exact) mass is 378 g/mol. The standard InChI is InChI=1S/C20H18N4O2S/c25-18(12-15-4-3-11-27-15)23-9-7-14(13-23)24-19-16(5-1-8-21-19)22-20(24)17-6-2-10-26-17/h1-6,8,10-11,14H,7,9,12-13H2. The number of hydrogen-bond acceptors (Lipinski definition) is 5. The van der Waals surface area contributed by atoms with Gasteiger partial charge in [-0.3, -0.25) is 4.79 Å². The van der Waals surface area contributed by atoms with E-state index >= 15 is 0 Å². The van der Waals surface area contributed by atoms with Crippen LogP contribution in [0.4, 0.5) is 0 Å². The van der Waals surface area contributed by atoms with Crippen LogP contribution in [0.15, 0.2) is 58.7 Å². The first-order valence-corrected chi connectivity index (χ1v) is 9.84. The first kappa shape index (κ1) is 16.3. The highest BCUT2D eigenvalue weighted by Gasteiger charge is 2.31. The summed E-state index contributed by atoms with van der Waals surface area (Å²) in [6.07, 6.45) is 4.78. The maximum Gasteiger partial charge on any atom is 0.227 e. The molecule has 1 aliphatic heterocycles. The SMILES string of the molecule is O=C(Cc1cccs1)N1CCC(n2c(-c3ccco3)nc3cccnc32)C1. The van der Waals surface area contributed by atoms with Crippen LogP contribution in [0.25, 0.3) is 22.7 Å². The minimum Gasteiger partial charge on any atom is -0.461 e. The van der Waals surface area contributed by atoms with Gasteiger partial charge in [0.2, 0.25) is 5.91 Å². The first-order chi connectivity index (χ1) is 13.3. The number of hydrogen-bond donors (Lipinski definition) is 0. The van der Waals surface area contributed by atoms with E-state index in [0.717, 1.165) is 40.6 Å². The molecule has 0 bridgehead atoms. The molecule has 0 N–H and O–H groups in total. The number of thiophene rings is 1. The molecule has 7 heteroatoms. The predicted molar refractivity (Wildman–Crippen MR) is 103 cm³/mol. The van der Waals surface area contributed by atoms with Gasteiger partial charge in [-0.2, -0.15) is 0 Å². The Kier molecular flexibility index (Phi) is 4.01. The quantitative estimate of drug-likeness (QED) is 0.542. The van der Waals surface area contributed by atoms with Crippen LogP contribution in [-0.4, -0.2) is 38.4 Å². The van der Waals surface area contributed by atoms with E-state index in [0.29, 0.717) is 13.0 Å². The van der Waals surface area contributed by atoms with Crippen molar-refractivity contribution in [3.8, 4) is 11.6 Å². The van der Waals surface area contributed by atoms with Gasteiger partial charge in [-0.1, -0.05) is 6.07 Å². The second-order valence-corrected chi connectivity index (χ2v) is 7.70. The van der Waals surface area contributed by atoms with Crippen LogP contribution in [0, 0.1) is 0 Å². The van der Waals surface area contributed by atoms with Crippen molar-refractivity contribution in [3.63, 3.8) is 0 Å². The van der Waals surface area contributed by atoms with E-state index in [1.165, 1.54) is 0 Å². The van der Waals surface area contributed by atoms with Gasteiger partial charge in [-0.05, 0) is 42.1 Å². The third kappa shape index (κ3) is 2.94. The second kappa shape index (κ2) is 6.66. The molecule has 1 saturated heterocycles. The molecule has 1 atom stereocenters. The van der Waals surface area contributed by atoms with Crippen LogP contribution in [-0.2, 0) is 11.2 Å². The summed E-state index contributed by atoms with van der Waals surface area (Å²) >= 11 is 1.63. The average molecular weight is 378 g/mol. The Morgan fingerprint density at radius 2 is 2.22 bits per heavy atom. The lowest BCUT2D eigenvalue weighted by Crippen LogP contribution is -2.30. The van der Waals surface area contributed by atoms with E-state index < -0.39 is 0 Å². The highest BCUT2D eigenvalue weighted by atomic mass is 32.1. The third-order valence-corrected chi connectivity index (χ3v) is 5.85. The number of amides is 1. The topological polar surface area (TPSA) is 64.2 Å². The summed E-state index contributed by atoms with van der Waals surface area (Å²) in [5, 5.41) is 2.01. The molecule has 0 aromatic carbocycles. The van der Waals surface area contributed by atoms with Crippen molar-refractivity contribution in [2.24, 2.45) is 0 Å². The molecule has 0 aliphatic carbocycles. The number of furan rings is 1. The van der Waals surface area contributed by atoms with Gasteiger partial charge < -0.3 is 13.9 Å². The Hall–Kier alpha value is -2.93. The molecule has 5 heterocycles. The molecule has 27 heavy (non-hydrogen) atoms.